The second kappa shape index (κ2) is 6.05. The van der Waals surface area contributed by atoms with Gasteiger partial charge in [0.1, 0.15) is 0 Å². The first-order chi connectivity index (χ1) is 10.1. The molecule has 2 aromatic rings. The van der Waals surface area contributed by atoms with E-state index in [-0.39, 0.29) is 11.1 Å². The van der Waals surface area contributed by atoms with Crippen LogP contribution >= 0.6 is 0 Å². The zero-order valence-corrected chi connectivity index (χ0v) is 11.2. The molecule has 4 heteroatoms. The molecule has 2 aromatic carbocycles. The molecule has 0 atom stereocenters. The number of hydrogen-bond acceptors (Lipinski definition) is 2. The lowest BCUT2D eigenvalue weighted by Crippen LogP contribution is -2.07. The number of carboxylic acids is 2. The lowest BCUT2D eigenvalue weighted by molar-refractivity contribution is 0.0683. The summed E-state index contributed by atoms with van der Waals surface area (Å²) < 4.78 is 0. The average molecular weight is 282 g/mol. The number of hydrogen-bond donors (Lipinski definition) is 2. The van der Waals surface area contributed by atoms with Gasteiger partial charge in [-0.25, -0.2) is 9.59 Å². The average Bonchev–Trinajstić information content (AvgIpc) is 2.47. The summed E-state index contributed by atoms with van der Waals surface area (Å²) in [6.45, 7) is 3.62. The van der Waals surface area contributed by atoms with Crippen LogP contribution < -0.4 is 0 Å². The Balaban J connectivity index is 2.75. The second-order valence-corrected chi connectivity index (χ2v) is 4.49. The van der Waals surface area contributed by atoms with Gasteiger partial charge in [-0.1, -0.05) is 42.5 Å². The third kappa shape index (κ3) is 2.84. The quantitative estimate of drug-likeness (QED) is 0.823. The van der Waals surface area contributed by atoms with Crippen molar-refractivity contribution in [3.8, 4) is 11.1 Å². The minimum Gasteiger partial charge on any atom is -0.478 e. The first-order valence-corrected chi connectivity index (χ1v) is 6.35. The highest BCUT2D eigenvalue weighted by Crippen LogP contribution is 2.29. The third-order valence-electron chi connectivity index (χ3n) is 3.18. The molecule has 0 spiro atoms. The van der Waals surface area contributed by atoms with Crippen molar-refractivity contribution in [3.05, 3.63) is 71.8 Å². The van der Waals surface area contributed by atoms with Crippen LogP contribution in [-0.2, 0) is 6.42 Å². The van der Waals surface area contributed by atoms with Crippen LogP contribution in [0.15, 0.2) is 55.1 Å². The Hall–Kier alpha value is -2.88. The van der Waals surface area contributed by atoms with Crippen molar-refractivity contribution in [2.75, 3.05) is 0 Å². The van der Waals surface area contributed by atoms with Gasteiger partial charge in [0.2, 0.25) is 0 Å². The van der Waals surface area contributed by atoms with Crippen LogP contribution in [0.25, 0.3) is 11.1 Å². The maximum atomic E-state index is 11.6. The fraction of sp³-hybridized carbons (Fsp3) is 0.0588. The molecule has 0 saturated heterocycles. The Morgan fingerprint density at radius 1 is 0.952 bits per heavy atom. The van der Waals surface area contributed by atoms with Crippen LogP contribution in [0.3, 0.4) is 0 Å². The van der Waals surface area contributed by atoms with Gasteiger partial charge in [-0.2, -0.15) is 0 Å². The van der Waals surface area contributed by atoms with E-state index in [1.54, 1.807) is 42.5 Å². The number of rotatable bonds is 5. The molecular weight excluding hydrogens is 268 g/mol. The second-order valence-electron chi connectivity index (χ2n) is 4.49. The molecular formula is C17H14O4. The highest BCUT2D eigenvalue weighted by atomic mass is 16.4. The Kier molecular flexibility index (Phi) is 4.18. The topological polar surface area (TPSA) is 74.6 Å². The van der Waals surface area contributed by atoms with E-state index in [4.69, 9.17) is 0 Å². The summed E-state index contributed by atoms with van der Waals surface area (Å²) >= 11 is 0. The summed E-state index contributed by atoms with van der Waals surface area (Å²) in [5, 5.41) is 18.7. The SMILES string of the molecule is C=CCc1cccc(-c2ccccc2C(=O)O)c1C(=O)O. The van der Waals surface area contributed by atoms with E-state index in [1.807, 2.05) is 0 Å². The highest BCUT2D eigenvalue weighted by molar-refractivity contribution is 6.03. The molecule has 0 aliphatic rings. The molecule has 0 amide bonds. The molecule has 0 aliphatic carbocycles. The lowest BCUT2D eigenvalue weighted by atomic mass is 9.91. The van der Waals surface area contributed by atoms with Crippen molar-refractivity contribution in [1.29, 1.82) is 0 Å². The van der Waals surface area contributed by atoms with E-state index < -0.39 is 11.9 Å². The number of benzene rings is 2. The van der Waals surface area contributed by atoms with Gasteiger partial charge >= 0.3 is 11.9 Å². The number of aromatic carboxylic acids is 2. The monoisotopic (exact) mass is 282 g/mol. The maximum Gasteiger partial charge on any atom is 0.336 e. The van der Waals surface area contributed by atoms with Gasteiger partial charge in [0.15, 0.2) is 0 Å². The highest BCUT2D eigenvalue weighted by Gasteiger charge is 2.19. The third-order valence-corrected chi connectivity index (χ3v) is 3.18. The molecule has 2 N–H and O–H groups in total. The molecule has 0 aromatic heterocycles. The van der Waals surface area contributed by atoms with Crippen molar-refractivity contribution < 1.29 is 19.8 Å². The smallest absolute Gasteiger partial charge is 0.336 e. The summed E-state index contributed by atoms with van der Waals surface area (Å²) in [4.78, 5) is 22.9. The van der Waals surface area contributed by atoms with Gasteiger partial charge in [-0.05, 0) is 29.2 Å². The van der Waals surface area contributed by atoms with Gasteiger partial charge in [0, 0.05) is 0 Å². The molecule has 4 nitrogen and oxygen atoms in total. The van der Waals surface area contributed by atoms with Crippen LogP contribution in [0, 0.1) is 0 Å². The molecule has 21 heavy (non-hydrogen) atoms. The molecule has 0 aliphatic heterocycles. The minimum absolute atomic E-state index is 0.0794. The number of carbonyl (C=O) groups is 2. The largest absolute Gasteiger partial charge is 0.478 e. The van der Waals surface area contributed by atoms with Gasteiger partial charge in [0.25, 0.3) is 0 Å². The molecule has 0 fully saturated rings. The predicted molar refractivity (Wildman–Crippen MR) is 79.7 cm³/mol. The van der Waals surface area contributed by atoms with Crippen molar-refractivity contribution in [2.24, 2.45) is 0 Å². The maximum absolute atomic E-state index is 11.6. The van der Waals surface area contributed by atoms with E-state index in [0.29, 0.717) is 23.1 Å². The zero-order chi connectivity index (χ0) is 15.4. The Bertz CT molecular complexity index is 716. The summed E-state index contributed by atoms with van der Waals surface area (Å²) in [6.07, 6.45) is 2.03. The van der Waals surface area contributed by atoms with Crippen LogP contribution in [0.1, 0.15) is 26.3 Å². The molecule has 106 valence electrons. The van der Waals surface area contributed by atoms with Crippen LogP contribution in [0.4, 0.5) is 0 Å². The first-order valence-electron chi connectivity index (χ1n) is 6.35. The summed E-state index contributed by atoms with van der Waals surface area (Å²) in [5.41, 5.74) is 1.60. The normalized spacial score (nSPS) is 10.1. The van der Waals surface area contributed by atoms with Gasteiger partial charge < -0.3 is 10.2 Å². The van der Waals surface area contributed by atoms with E-state index in [9.17, 15) is 19.8 Å². The van der Waals surface area contributed by atoms with Crippen molar-refractivity contribution in [3.63, 3.8) is 0 Å². The predicted octanol–water partition coefficient (Wildman–Crippen LogP) is 3.48. The van der Waals surface area contributed by atoms with Crippen molar-refractivity contribution in [2.45, 2.75) is 6.42 Å². The standard InChI is InChI=1S/C17H14O4/c1-2-6-11-7-5-10-13(15(11)17(20)21)12-8-3-4-9-14(12)16(18)19/h2-5,7-10H,1,6H2,(H,18,19)(H,20,21). The lowest BCUT2D eigenvalue weighted by Gasteiger charge is -2.12. The fourth-order valence-corrected chi connectivity index (χ4v) is 2.31. The van der Waals surface area contributed by atoms with Crippen LogP contribution in [0.2, 0.25) is 0 Å². The minimum atomic E-state index is -1.09. The van der Waals surface area contributed by atoms with Crippen LogP contribution in [-0.4, -0.2) is 22.2 Å². The summed E-state index contributed by atoms with van der Waals surface area (Å²) in [6, 6.07) is 11.4. The Morgan fingerprint density at radius 2 is 1.62 bits per heavy atom. The molecule has 0 bridgehead atoms. The van der Waals surface area contributed by atoms with Gasteiger partial charge in [-0.3, -0.25) is 0 Å². The molecule has 0 saturated carbocycles. The zero-order valence-electron chi connectivity index (χ0n) is 11.2. The Labute approximate surface area is 122 Å². The van der Waals surface area contributed by atoms with Gasteiger partial charge in [0.05, 0.1) is 11.1 Å². The van der Waals surface area contributed by atoms with E-state index >= 15 is 0 Å². The number of allylic oxidation sites excluding steroid dienone is 1. The van der Waals surface area contributed by atoms with Crippen molar-refractivity contribution in [1.82, 2.24) is 0 Å². The molecule has 0 unspecified atom stereocenters. The van der Waals surface area contributed by atoms with Crippen LogP contribution in [0.5, 0.6) is 0 Å². The molecule has 2 rings (SSSR count). The van der Waals surface area contributed by atoms with Gasteiger partial charge in [-0.15, -0.1) is 6.58 Å². The van der Waals surface area contributed by atoms with E-state index in [0.717, 1.165) is 0 Å². The molecule has 0 heterocycles. The van der Waals surface area contributed by atoms with Crippen molar-refractivity contribution >= 4 is 11.9 Å². The Morgan fingerprint density at radius 3 is 2.24 bits per heavy atom. The van der Waals surface area contributed by atoms with E-state index in [2.05, 4.69) is 6.58 Å². The number of carboxylic acid groups (broad SMARTS) is 2. The summed E-state index contributed by atoms with van der Waals surface area (Å²) in [7, 11) is 0. The first kappa shape index (κ1) is 14.5. The fourth-order valence-electron chi connectivity index (χ4n) is 2.31. The molecule has 0 radical (unpaired) electrons. The van der Waals surface area contributed by atoms with E-state index in [1.165, 1.54) is 6.07 Å². The summed E-state index contributed by atoms with van der Waals surface area (Å²) in [5.74, 6) is -2.17.